The summed E-state index contributed by atoms with van der Waals surface area (Å²) < 4.78 is 11.8. The van der Waals surface area contributed by atoms with Crippen molar-refractivity contribution >= 4 is 5.78 Å². The molecule has 120 valence electrons. The van der Waals surface area contributed by atoms with Gasteiger partial charge in [0.1, 0.15) is 12.2 Å². The van der Waals surface area contributed by atoms with Gasteiger partial charge in [-0.1, -0.05) is 60.7 Å². The van der Waals surface area contributed by atoms with Crippen molar-refractivity contribution in [1.82, 2.24) is 0 Å². The van der Waals surface area contributed by atoms with E-state index in [2.05, 4.69) is 0 Å². The topological polar surface area (TPSA) is 35.5 Å². The van der Waals surface area contributed by atoms with Crippen LogP contribution in [-0.4, -0.2) is 23.8 Å². The van der Waals surface area contributed by atoms with Crippen LogP contribution in [0.5, 0.6) is 0 Å². The normalized spacial score (nSPS) is 23.7. The second-order valence-corrected chi connectivity index (χ2v) is 6.39. The quantitative estimate of drug-likeness (QED) is 0.866. The maximum atomic E-state index is 12.8. The van der Waals surface area contributed by atoms with Crippen LogP contribution in [0.4, 0.5) is 0 Å². The van der Waals surface area contributed by atoms with E-state index in [1.165, 1.54) is 0 Å². The second kappa shape index (κ2) is 6.65. The van der Waals surface area contributed by atoms with Crippen LogP contribution in [0.3, 0.4) is 0 Å². The molecule has 0 bridgehead atoms. The molecule has 0 aliphatic carbocycles. The van der Waals surface area contributed by atoms with Crippen LogP contribution >= 0.6 is 0 Å². The van der Waals surface area contributed by atoms with E-state index in [0.29, 0.717) is 12.8 Å². The minimum Gasteiger partial charge on any atom is -0.339 e. The molecule has 3 nitrogen and oxygen atoms in total. The summed E-state index contributed by atoms with van der Waals surface area (Å²) in [4.78, 5) is 12.8. The molecule has 2 aromatic carbocycles. The van der Waals surface area contributed by atoms with Crippen molar-refractivity contribution in [2.75, 3.05) is 0 Å². The van der Waals surface area contributed by atoms with Gasteiger partial charge in [0.05, 0.1) is 0 Å². The van der Waals surface area contributed by atoms with E-state index in [1.807, 2.05) is 74.5 Å². The summed E-state index contributed by atoms with van der Waals surface area (Å²) in [6.07, 6.45) is 0.236. The Balaban J connectivity index is 1.76. The molecule has 0 spiro atoms. The molecule has 3 rings (SSSR count). The minimum atomic E-state index is -0.757. The van der Waals surface area contributed by atoms with Crippen molar-refractivity contribution in [3.05, 3.63) is 71.8 Å². The predicted octanol–water partition coefficient (Wildman–Crippen LogP) is 3.56. The fourth-order valence-electron chi connectivity index (χ4n) is 2.98. The number of Topliss-reactive ketones (excluding diaryl/α,β-unsaturated/α-hetero) is 1. The van der Waals surface area contributed by atoms with Crippen molar-refractivity contribution in [1.29, 1.82) is 0 Å². The van der Waals surface area contributed by atoms with Crippen LogP contribution in [0.2, 0.25) is 0 Å². The molecule has 0 aromatic heterocycles. The van der Waals surface area contributed by atoms with Crippen molar-refractivity contribution in [2.45, 2.75) is 44.7 Å². The Hall–Kier alpha value is -1.97. The van der Waals surface area contributed by atoms with Crippen molar-refractivity contribution in [3.8, 4) is 0 Å². The molecule has 0 N–H and O–H groups in total. The average Bonchev–Trinajstić information content (AvgIpc) is 2.53. The molecule has 0 amide bonds. The Morgan fingerprint density at radius 2 is 1.17 bits per heavy atom. The summed E-state index contributed by atoms with van der Waals surface area (Å²) in [6.45, 7) is 3.74. The molecule has 1 saturated heterocycles. The molecule has 1 aliphatic rings. The number of ketones is 1. The molecule has 0 saturated carbocycles. The lowest BCUT2D eigenvalue weighted by molar-refractivity contribution is -0.278. The zero-order valence-electron chi connectivity index (χ0n) is 13.6. The van der Waals surface area contributed by atoms with Crippen molar-refractivity contribution in [2.24, 2.45) is 0 Å². The van der Waals surface area contributed by atoms with Crippen LogP contribution in [0.15, 0.2) is 60.7 Å². The van der Waals surface area contributed by atoms with E-state index in [4.69, 9.17) is 9.47 Å². The summed E-state index contributed by atoms with van der Waals surface area (Å²) in [5.41, 5.74) is 2.20. The molecule has 2 aromatic rings. The lowest BCUT2D eigenvalue weighted by Gasteiger charge is -2.39. The molecule has 1 fully saturated rings. The molecular weight excluding hydrogens is 288 g/mol. The number of carbonyl (C=O) groups excluding carboxylic acids is 1. The van der Waals surface area contributed by atoms with E-state index >= 15 is 0 Å². The smallest absolute Gasteiger partial charge is 0.191 e. The zero-order valence-corrected chi connectivity index (χ0v) is 13.6. The Bertz CT molecular complexity index is 594. The molecule has 2 atom stereocenters. The highest BCUT2D eigenvalue weighted by Gasteiger charge is 2.41. The number of benzene rings is 2. The Morgan fingerprint density at radius 1 is 0.783 bits per heavy atom. The molecule has 3 heteroatoms. The first-order chi connectivity index (χ1) is 11.0. The Kier molecular flexibility index (Phi) is 4.60. The third-order valence-electron chi connectivity index (χ3n) is 4.01. The highest BCUT2D eigenvalue weighted by Crippen LogP contribution is 2.28. The maximum absolute atomic E-state index is 12.8. The van der Waals surface area contributed by atoms with E-state index in [-0.39, 0.29) is 5.78 Å². The number of ether oxygens (including phenoxy) is 2. The first-order valence-corrected chi connectivity index (χ1v) is 8.01. The van der Waals surface area contributed by atoms with Gasteiger partial charge in [-0.3, -0.25) is 4.79 Å². The highest BCUT2D eigenvalue weighted by atomic mass is 16.7. The predicted molar refractivity (Wildman–Crippen MR) is 89.1 cm³/mol. The van der Waals surface area contributed by atoms with E-state index in [9.17, 15) is 4.79 Å². The Morgan fingerprint density at radius 3 is 1.57 bits per heavy atom. The first kappa shape index (κ1) is 15.9. The van der Waals surface area contributed by atoms with Gasteiger partial charge in [0.15, 0.2) is 11.6 Å². The van der Waals surface area contributed by atoms with E-state index in [1.54, 1.807) is 0 Å². The van der Waals surface area contributed by atoms with Crippen LogP contribution in [0.25, 0.3) is 0 Å². The van der Waals surface area contributed by atoms with Crippen LogP contribution in [0.1, 0.15) is 25.0 Å². The molecule has 0 radical (unpaired) electrons. The summed E-state index contributed by atoms with van der Waals surface area (Å²) >= 11 is 0. The highest BCUT2D eigenvalue weighted by molar-refractivity contribution is 5.88. The largest absolute Gasteiger partial charge is 0.339 e. The van der Waals surface area contributed by atoms with E-state index < -0.39 is 18.0 Å². The Labute approximate surface area is 137 Å². The standard InChI is InChI=1S/C20H22O3/c1-20(2)22-17(13-15-9-5-3-6-10-15)19(21)18(23-20)14-16-11-7-4-8-12-16/h3-12,17-18H,13-14H2,1-2H3/t17-,18-/m0/s1. The molecule has 0 unspecified atom stereocenters. The van der Waals surface area contributed by atoms with Crippen LogP contribution < -0.4 is 0 Å². The number of carbonyl (C=O) groups is 1. The summed E-state index contributed by atoms with van der Waals surface area (Å²) in [6, 6.07) is 19.9. The molecular formula is C20H22O3. The summed E-state index contributed by atoms with van der Waals surface area (Å²) in [5, 5.41) is 0. The minimum absolute atomic E-state index is 0.0250. The third-order valence-corrected chi connectivity index (χ3v) is 4.01. The van der Waals surface area contributed by atoms with Gasteiger partial charge in [-0.25, -0.2) is 0 Å². The lowest BCUT2D eigenvalue weighted by atomic mass is 9.95. The average molecular weight is 310 g/mol. The summed E-state index contributed by atoms with van der Waals surface area (Å²) in [7, 11) is 0. The van der Waals surface area contributed by atoms with Gasteiger partial charge in [-0.15, -0.1) is 0 Å². The van der Waals surface area contributed by atoms with Gasteiger partial charge < -0.3 is 9.47 Å². The van der Waals surface area contributed by atoms with Gasteiger partial charge >= 0.3 is 0 Å². The monoisotopic (exact) mass is 310 g/mol. The third kappa shape index (κ3) is 4.06. The maximum Gasteiger partial charge on any atom is 0.191 e. The van der Waals surface area contributed by atoms with Gasteiger partial charge in [-0.2, -0.15) is 0 Å². The fraction of sp³-hybridized carbons (Fsp3) is 0.350. The van der Waals surface area contributed by atoms with Gasteiger partial charge in [0.25, 0.3) is 0 Å². The number of hydrogen-bond donors (Lipinski definition) is 0. The SMILES string of the molecule is CC1(C)O[C@@H](Cc2ccccc2)C(=O)[C@H](Cc2ccccc2)O1. The lowest BCUT2D eigenvalue weighted by Crippen LogP contribution is -2.53. The molecule has 1 heterocycles. The fourth-order valence-corrected chi connectivity index (χ4v) is 2.98. The molecule has 23 heavy (non-hydrogen) atoms. The van der Waals surface area contributed by atoms with E-state index in [0.717, 1.165) is 11.1 Å². The second-order valence-electron chi connectivity index (χ2n) is 6.39. The first-order valence-electron chi connectivity index (χ1n) is 8.01. The van der Waals surface area contributed by atoms with Crippen molar-refractivity contribution in [3.63, 3.8) is 0 Å². The number of rotatable bonds is 4. The van der Waals surface area contributed by atoms with Gasteiger partial charge in [0.2, 0.25) is 0 Å². The zero-order chi connectivity index (χ0) is 16.3. The number of hydrogen-bond acceptors (Lipinski definition) is 3. The van der Waals surface area contributed by atoms with Crippen LogP contribution in [-0.2, 0) is 27.1 Å². The van der Waals surface area contributed by atoms with Gasteiger partial charge in [-0.05, 0) is 25.0 Å². The van der Waals surface area contributed by atoms with Crippen molar-refractivity contribution < 1.29 is 14.3 Å². The molecule has 1 aliphatic heterocycles. The van der Waals surface area contributed by atoms with Gasteiger partial charge in [0, 0.05) is 12.8 Å². The summed E-state index contributed by atoms with van der Waals surface area (Å²) in [5.74, 6) is -0.732. The van der Waals surface area contributed by atoms with Crippen LogP contribution in [0, 0.1) is 0 Å².